The number of nitrogens with zero attached hydrogens (tertiary/aromatic N) is 3. The predicted octanol–water partition coefficient (Wildman–Crippen LogP) is 3.32. The second-order valence-corrected chi connectivity index (χ2v) is 8.72. The van der Waals surface area contributed by atoms with Crippen molar-refractivity contribution < 1.29 is 23.9 Å². The summed E-state index contributed by atoms with van der Waals surface area (Å²) in [6.07, 6.45) is 3.18. The van der Waals surface area contributed by atoms with Crippen LogP contribution in [0.2, 0.25) is 0 Å². The van der Waals surface area contributed by atoms with E-state index in [2.05, 4.69) is 15.5 Å². The molecule has 0 radical (unpaired) electrons. The average Bonchev–Trinajstić information content (AvgIpc) is 2.78. The minimum absolute atomic E-state index is 0.0526. The van der Waals surface area contributed by atoms with Gasteiger partial charge in [0.05, 0.1) is 31.8 Å². The molecular weight excluding hydrogens is 424 g/mol. The van der Waals surface area contributed by atoms with Crippen molar-refractivity contribution in [2.75, 3.05) is 19.1 Å². The molecule has 1 aromatic heterocycles. The lowest BCUT2D eigenvalue weighted by Crippen LogP contribution is -2.59. The highest BCUT2D eigenvalue weighted by Gasteiger charge is 2.38. The number of ether oxygens (including phenoxy) is 2. The van der Waals surface area contributed by atoms with Crippen molar-refractivity contribution >= 4 is 24.0 Å². The largest absolute Gasteiger partial charge is 0.497 e. The fourth-order valence-corrected chi connectivity index (χ4v) is 3.38. The summed E-state index contributed by atoms with van der Waals surface area (Å²) in [6, 6.07) is 10.9. The number of methoxy groups -OCH3 is 1. The Morgan fingerprint density at radius 1 is 1.18 bits per heavy atom. The summed E-state index contributed by atoms with van der Waals surface area (Å²) in [5.74, 6) is 0.853. The molecular formula is C24H30N4O5. The molecule has 2 aromatic rings. The van der Waals surface area contributed by atoms with Gasteiger partial charge in [0.2, 0.25) is 5.91 Å². The van der Waals surface area contributed by atoms with Crippen molar-refractivity contribution in [1.82, 2.24) is 10.3 Å². The molecule has 1 aromatic carbocycles. The minimum atomic E-state index is -0.662. The Kier molecular flexibility index (Phi) is 7.52. The fraction of sp³-hybridized carbons (Fsp3) is 0.417. The monoisotopic (exact) mass is 454 g/mol. The van der Waals surface area contributed by atoms with Crippen LogP contribution >= 0.6 is 0 Å². The molecule has 0 aliphatic carbocycles. The molecule has 176 valence electrons. The van der Waals surface area contributed by atoms with Crippen LogP contribution in [0, 0.1) is 5.92 Å². The summed E-state index contributed by atoms with van der Waals surface area (Å²) in [5.41, 5.74) is 1.10. The Labute approximate surface area is 193 Å². The quantitative estimate of drug-likeness (QED) is 0.373. The van der Waals surface area contributed by atoms with Crippen LogP contribution in [-0.4, -0.2) is 49.1 Å². The van der Waals surface area contributed by atoms with Crippen LogP contribution in [0.15, 0.2) is 47.8 Å². The lowest BCUT2D eigenvalue weighted by Gasteiger charge is -2.34. The van der Waals surface area contributed by atoms with E-state index in [9.17, 15) is 9.59 Å². The van der Waals surface area contributed by atoms with Gasteiger partial charge in [-0.1, -0.05) is 17.3 Å². The van der Waals surface area contributed by atoms with Crippen LogP contribution in [0.5, 0.6) is 5.75 Å². The number of nitrogens with one attached hydrogen (secondary N) is 1. The van der Waals surface area contributed by atoms with Crippen LogP contribution in [-0.2, 0) is 27.3 Å². The molecule has 33 heavy (non-hydrogen) atoms. The molecule has 0 bridgehead atoms. The maximum Gasteiger partial charge on any atom is 0.416 e. The Balaban J connectivity index is 1.84. The molecule has 2 heterocycles. The van der Waals surface area contributed by atoms with Gasteiger partial charge in [0, 0.05) is 6.20 Å². The predicted molar refractivity (Wildman–Crippen MR) is 124 cm³/mol. The summed E-state index contributed by atoms with van der Waals surface area (Å²) < 4.78 is 10.8. The van der Waals surface area contributed by atoms with Crippen LogP contribution in [0.4, 0.5) is 10.6 Å². The van der Waals surface area contributed by atoms with Gasteiger partial charge in [-0.25, -0.2) is 9.78 Å². The van der Waals surface area contributed by atoms with Crippen molar-refractivity contribution in [2.45, 2.75) is 45.4 Å². The molecule has 9 nitrogen and oxygen atoms in total. The molecule has 2 atom stereocenters. The molecule has 1 N–H and O–H groups in total. The van der Waals surface area contributed by atoms with Crippen LogP contribution in [0.1, 0.15) is 31.9 Å². The molecule has 1 saturated heterocycles. The number of rotatable bonds is 8. The van der Waals surface area contributed by atoms with E-state index in [4.69, 9.17) is 14.3 Å². The number of carbonyl (C=O) groups is 2. The first-order valence-electron chi connectivity index (χ1n) is 10.7. The zero-order valence-electron chi connectivity index (χ0n) is 19.6. The molecule has 0 spiro atoms. The summed E-state index contributed by atoms with van der Waals surface area (Å²) >= 11 is 0. The summed E-state index contributed by atoms with van der Waals surface area (Å²) in [4.78, 5) is 35.7. The second-order valence-electron chi connectivity index (χ2n) is 8.72. The number of aromatic nitrogens is 1. The number of hydrogen-bond acceptors (Lipinski definition) is 7. The van der Waals surface area contributed by atoms with Crippen molar-refractivity contribution in [3.05, 3.63) is 53.7 Å². The number of amides is 2. The first-order valence-corrected chi connectivity index (χ1v) is 10.7. The van der Waals surface area contributed by atoms with Gasteiger partial charge in [0.1, 0.15) is 24.3 Å². The lowest BCUT2D eigenvalue weighted by atomic mass is 9.85. The molecule has 0 saturated carbocycles. The van der Waals surface area contributed by atoms with Gasteiger partial charge in [-0.15, -0.1) is 0 Å². The normalized spacial score (nSPS) is 17.8. The van der Waals surface area contributed by atoms with E-state index in [-0.39, 0.29) is 24.4 Å². The van der Waals surface area contributed by atoms with E-state index in [1.54, 1.807) is 19.5 Å². The molecule has 1 unspecified atom stereocenters. The van der Waals surface area contributed by atoms with E-state index in [0.717, 1.165) is 16.9 Å². The highest BCUT2D eigenvalue weighted by Crippen LogP contribution is 2.24. The molecule has 1 fully saturated rings. The van der Waals surface area contributed by atoms with Crippen LogP contribution in [0.3, 0.4) is 0 Å². The molecule has 1 aliphatic heterocycles. The van der Waals surface area contributed by atoms with Crippen molar-refractivity contribution in [1.29, 1.82) is 0 Å². The first kappa shape index (κ1) is 24.0. The molecule has 1 aliphatic rings. The zero-order chi connectivity index (χ0) is 24.0. The number of hydrogen-bond donors (Lipinski definition) is 1. The topological polar surface area (TPSA) is 102 Å². The SMILES string of the molecule is CO/N=C/[C@H]1NC(=O)C1Cc1ccnc(N(Cc2ccc(OC)cc2)C(=O)OC(C)(C)C)c1. The van der Waals surface area contributed by atoms with Gasteiger partial charge in [-0.2, -0.15) is 0 Å². The van der Waals surface area contributed by atoms with Gasteiger partial charge in [-0.3, -0.25) is 9.69 Å². The third-order valence-electron chi connectivity index (χ3n) is 5.06. The third kappa shape index (κ3) is 6.44. The molecule has 9 heteroatoms. The van der Waals surface area contributed by atoms with Crippen LogP contribution < -0.4 is 15.0 Å². The number of oxime groups is 1. The van der Waals surface area contributed by atoms with Crippen molar-refractivity contribution in [3.8, 4) is 5.75 Å². The highest BCUT2D eigenvalue weighted by molar-refractivity contribution is 5.94. The minimum Gasteiger partial charge on any atom is -0.497 e. The van der Waals surface area contributed by atoms with E-state index < -0.39 is 11.7 Å². The highest BCUT2D eigenvalue weighted by atomic mass is 16.6. The maximum absolute atomic E-state index is 13.1. The van der Waals surface area contributed by atoms with Gasteiger partial charge in [0.25, 0.3) is 0 Å². The average molecular weight is 455 g/mol. The van der Waals surface area contributed by atoms with Gasteiger partial charge < -0.3 is 19.6 Å². The van der Waals surface area contributed by atoms with Gasteiger partial charge in [0.15, 0.2) is 0 Å². The number of pyridine rings is 1. The second kappa shape index (κ2) is 10.3. The van der Waals surface area contributed by atoms with E-state index in [0.29, 0.717) is 12.2 Å². The molecule has 2 amide bonds. The Bertz CT molecular complexity index is 1000. The van der Waals surface area contributed by atoms with Crippen molar-refractivity contribution in [3.63, 3.8) is 0 Å². The fourth-order valence-electron chi connectivity index (χ4n) is 3.38. The smallest absolute Gasteiger partial charge is 0.416 e. The third-order valence-corrected chi connectivity index (χ3v) is 5.06. The Morgan fingerprint density at radius 3 is 2.52 bits per heavy atom. The standard InChI is InChI=1S/C24H30N4O5/c1-24(2,3)33-23(30)28(15-16-6-8-18(31-4)9-7-16)21-13-17(10-11-25-21)12-19-20(14-26-32-5)27-22(19)29/h6-11,13-14,19-20H,12,15H2,1-5H3,(H,27,29)/b26-14+/t19?,20-/m1/s1. The van der Waals surface area contributed by atoms with Gasteiger partial charge >= 0.3 is 6.09 Å². The Morgan fingerprint density at radius 2 is 1.91 bits per heavy atom. The van der Waals surface area contributed by atoms with Crippen LogP contribution in [0.25, 0.3) is 0 Å². The summed E-state index contributed by atoms with van der Waals surface area (Å²) in [6.45, 7) is 5.72. The lowest BCUT2D eigenvalue weighted by molar-refractivity contribution is -0.132. The van der Waals surface area contributed by atoms with E-state index >= 15 is 0 Å². The van der Waals surface area contributed by atoms with E-state index in [1.807, 2.05) is 57.2 Å². The van der Waals surface area contributed by atoms with Crippen molar-refractivity contribution in [2.24, 2.45) is 11.1 Å². The number of benzene rings is 1. The first-order chi connectivity index (χ1) is 15.7. The summed E-state index contributed by atoms with van der Waals surface area (Å²) in [5, 5.41) is 6.54. The number of anilines is 1. The number of carbonyl (C=O) groups excluding carboxylic acids is 2. The van der Waals surface area contributed by atoms with E-state index in [1.165, 1.54) is 12.0 Å². The summed E-state index contributed by atoms with van der Waals surface area (Å²) in [7, 11) is 3.06. The van der Waals surface area contributed by atoms with Gasteiger partial charge in [-0.05, 0) is 62.6 Å². The molecule has 3 rings (SSSR count). The maximum atomic E-state index is 13.1. The Hall–Kier alpha value is -3.62. The number of β-lactam (4-membered cyclic amide) rings is 1. The zero-order valence-corrected chi connectivity index (χ0v) is 19.6.